The van der Waals surface area contributed by atoms with E-state index in [-0.39, 0.29) is 30.9 Å². The van der Waals surface area contributed by atoms with Crippen LogP contribution in [0.3, 0.4) is 0 Å². The van der Waals surface area contributed by atoms with Crippen LogP contribution in [-0.4, -0.2) is 60.7 Å². The molecule has 1 aromatic rings. The first-order valence-electron chi connectivity index (χ1n) is 8.17. The van der Waals surface area contributed by atoms with Crippen LogP contribution in [0.15, 0.2) is 18.2 Å². The predicted molar refractivity (Wildman–Crippen MR) is 85.5 cm³/mol. The van der Waals surface area contributed by atoms with E-state index in [1.54, 1.807) is 23.1 Å². The molecule has 132 valence electrons. The Kier molecular flexibility index (Phi) is 3.64. The van der Waals surface area contributed by atoms with Gasteiger partial charge in [-0.25, -0.2) is 0 Å². The summed E-state index contributed by atoms with van der Waals surface area (Å²) in [6, 6.07) is 4.82. The number of rotatable bonds is 2. The number of carbonyl (C=O) groups is 3. The fourth-order valence-corrected chi connectivity index (χ4v) is 3.84. The molecule has 2 N–H and O–H groups in total. The molecule has 0 saturated carbocycles. The summed E-state index contributed by atoms with van der Waals surface area (Å²) >= 11 is 0. The molecule has 0 aliphatic carbocycles. The average molecular weight is 346 g/mol. The number of nitrogens with one attached hydrogen (secondary N) is 1. The Morgan fingerprint density at radius 2 is 2.20 bits per heavy atom. The molecule has 0 bridgehead atoms. The van der Waals surface area contributed by atoms with E-state index in [0.29, 0.717) is 43.2 Å². The number of carboxylic acid groups (broad SMARTS) is 1. The summed E-state index contributed by atoms with van der Waals surface area (Å²) in [6.07, 6.45) is 0.413. The quantitative estimate of drug-likeness (QED) is 0.812. The van der Waals surface area contributed by atoms with Gasteiger partial charge in [-0.15, -0.1) is 0 Å². The number of fused-ring (bicyclic) bond motifs is 2. The molecule has 2 fully saturated rings. The summed E-state index contributed by atoms with van der Waals surface area (Å²) in [5.41, 5.74) is 0.0142. The van der Waals surface area contributed by atoms with E-state index >= 15 is 0 Å². The maximum Gasteiger partial charge on any atom is 0.311 e. The minimum Gasteiger partial charge on any atom is -0.482 e. The molecule has 2 saturated heterocycles. The van der Waals surface area contributed by atoms with E-state index in [9.17, 15) is 19.5 Å². The van der Waals surface area contributed by atoms with Gasteiger partial charge in [0.1, 0.15) is 5.75 Å². The van der Waals surface area contributed by atoms with Crippen LogP contribution in [-0.2, 0) is 14.3 Å². The van der Waals surface area contributed by atoms with Gasteiger partial charge in [0.25, 0.3) is 11.8 Å². The van der Waals surface area contributed by atoms with Gasteiger partial charge in [-0.2, -0.15) is 0 Å². The number of hydrogen-bond acceptors (Lipinski definition) is 5. The minimum absolute atomic E-state index is 0.0874. The Morgan fingerprint density at radius 1 is 1.36 bits per heavy atom. The zero-order valence-corrected chi connectivity index (χ0v) is 13.5. The molecular formula is C17H18N2O6. The molecular weight excluding hydrogens is 328 g/mol. The second-order valence-corrected chi connectivity index (χ2v) is 6.72. The summed E-state index contributed by atoms with van der Waals surface area (Å²) in [4.78, 5) is 37.6. The van der Waals surface area contributed by atoms with E-state index in [2.05, 4.69) is 5.32 Å². The largest absolute Gasteiger partial charge is 0.482 e. The van der Waals surface area contributed by atoms with Crippen molar-refractivity contribution in [2.45, 2.75) is 6.42 Å². The highest BCUT2D eigenvalue weighted by molar-refractivity contribution is 5.99. The molecule has 0 unspecified atom stereocenters. The topological polar surface area (TPSA) is 105 Å². The number of amides is 2. The van der Waals surface area contributed by atoms with Crippen molar-refractivity contribution >= 4 is 23.5 Å². The molecule has 1 aromatic carbocycles. The van der Waals surface area contributed by atoms with Crippen LogP contribution in [0, 0.1) is 11.3 Å². The first kappa shape index (κ1) is 15.9. The summed E-state index contributed by atoms with van der Waals surface area (Å²) in [5.74, 6) is -1.10. The van der Waals surface area contributed by atoms with Gasteiger partial charge in [-0.1, -0.05) is 0 Å². The molecule has 2 amide bonds. The van der Waals surface area contributed by atoms with Crippen molar-refractivity contribution in [2.75, 3.05) is 38.2 Å². The summed E-state index contributed by atoms with van der Waals surface area (Å²) < 4.78 is 10.8. The van der Waals surface area contributed by atoms with E-state index in [4.69, 9.17) is 9.47 Å². The molecule has 3 aliphatic heterocycles. The number of benzene rings is 1. The number of anilines is 1. The van der Waals surface area contributed by atoms with Gasteiger partial charge >= 0.3 is 5.97 Å². The highest BCUT2D eigenvalue weighted by Gasteiger charge is 2.55. The lowest BCUT2D eigenvalue weighted by molar-refractivity contribution is -0.157. The highest BCUT2D eigenvalue weighted by Crippen LogP contribution is 2.43. The van der Waals surface area contributed by atoms with E-state index in [1.165, 1.54) is 0 Å². The third-order valence-corrected chi connectivity index (χ3v) is 5.28. The van der Waals surface area contributed by atoms with E-state index in [0.717, 1.165) is 0 Å². The van der Waals surface area contributed by atoms with Gasteiger partial charge < -0.3 is 24.8 Å². The standard InChI is InChI=1S/C17H18N2O6/c20-14-8-25-13-5-10(1-2-12(13)18-14)15(21)19-6-11-7-24-4-3-17(11,9-19)16(22)23/h1-2,5,11H,3-4,6-9H2,(H,18,20)(H,22,23)/t11-,17+/m0/s1. The van der Waals surface area contributed by atoms with Crippen molar-refractivity contribution in [3.05, 3.63) is 23.8 Å². The van der Waals surface area contributed by atoms with Crippen molar-refractivity contribution in [2.24, 2.45) is 11.3 Å². The number of aliphatic carboxylic acids is 1. The number of carbonyl (C=O) groups excluding carboxylic acids is 2. The number of ether oxygens (including phenoxy) is 2. The monoisotopic (exact) mass is 346 g/mol. The van der Waals surface area contributed by atoms with Crippen LogP contribution in [0.4, 0.5) is 5.69 Å². The van der Waals surface area contributed by atoms with Gasteiger partial charge in [0.05, 0.1) is 17.7 Å². The summed E-state index contributed by atoms with van der Waals surface area (Å²) in [6.45, 7) is 1.21. The molecule has 0 spiro atoms. The SMILES string of the molecule is O=C1COc2cc(C(=O)N3C[C@H]4COCC[C@@]4(C(=O)O)C3)ccc2N1. The lowest BCUT2D eigenvalue weighted by atomic mass is 9.74. The van der Waals surface area contributed by atoms with Crippen LogP contribution in [0.2, 0.25) is 0 Å². The van der Waals surface area contributed by atoms with Crippen LogP contribution < -0.4 is 10.1 Å². The van der Waals surface area contributed by atoms with Crippen molar-refractivity contribution in [1.82, 2.24) is 4.90 Å². The highest BCUT2D eigenvalue weighted by atomic mass is 16.5. The third kappa shape index (κ3) is 2.53. The number of likely N-dealkylation sites (tertiary alicyclic amines) is 1. The average Bonchev–Trinajstić information content (AvgIpc) is 3.01. The van der Waals surface area contributed by atoms with Gasteiger partial charge in [0, 0.05) is 31.2 Å². The Labute approximate surface area is 143 Å². The Balaban J connectivity index is 1.58. The molecule has 4 rings (SSSR count). The van der Waals surface area contributed by atoms with Gasteiger partial charge in [-0.05, 0) is 24.6 Å². The maximum atomic E-state index is 12.9. The molecule has 0 radical (unpaired) electrons. The summed E-state index contributed by atoms with van der Waals surface area (Å²) in [7, 11) is 0. The number of nitrogens with zero attached hydrogens (tertiary/aromatic N) is 1. The predicted octanol–water partition coefficient (Wildman–Crippen LogP) is 0.581. The normalized spacial score (nSPS) is 27.8. The molecule has 25 heavy (non-hydrogen) atoms. The Bertz CT molecular complexity index is 764. The van der Waals surface area contributed by atoms with Crippen LogP contribution in [0.1, 0.15) is 16.8 Å². The first-order valence-corrected chi connectivity index (χ1v) is 8.17. The zero-order valence-electron chi connectivity index (χ0n) is 13.5. The van der Waals surface area contributed by atoms with Crippen LogP contribution in [0.25, 0.3) is 0 Å². The fourth-order valence-electron chi connectivity index (χ4n) is 3.84. The molecule has 0 aromatic heterocycles. The molecule has 8 nitrogen and oxygen atoms in total. The van der Waals surface area contributed by atoms with Gasteiger partial charge in [-0.3, -0.25) is 14.4 Å². The zero-order chi connectivity index (χ0) is 17.6. The maximum absolute atomic E-state index is 12.9. The van der Waals surface area contributed by atoms with E-state index < -0.39 is 11.4 Å². The third-order valence-electron chi connectivity index (χ3n) is 5.28. The van der Waals surface area contributed by atoms with Crippen molar-refractivity contribution in [1.29, 1.82) is 0 Å². The Hall–Kier alpha value is -2.61. The minimum atomic E-state index is -0.924. The fraction of sp³-hybridized carbons (Fsp3) is 0.471. The smallest absolute Gasteiger partial charge is 0.311 e. The van der Waals surface area contributed by atoms with Crippen molar-refractivity contribution in [3.8, 4) is 5.75 Å². The number of hydrogen-bond donors (Lipinski definition) is 2. The van der Waals surface area contributed by atoms with Gasteiger partial charge in [0.2, 0.25) is 0 Å². The van der Waals surface area contributed by atoms with Crippen LogP contribution >= 0.6 is 0 Å². The van der Waals surface area contributed by atoms with Crippen molar-refractivity contribution < 1.29 is 29.0 Å². The second-order valence-electron chi connectivity index (χ2n) is 6.72. The summed E-state index contributed by atoms with van der Waals surface area (Å²) in [5, 5.41) is 12.4. The van der Waals surface area contributed by atoms with E-state index in [1.807, 2.05) is 0 Å². The lowest BCUT2D eigenvalue weighted by Crippen LogP contribution is -2.45. The second kappa shape index (κ2) is 5.73. The molecule has 8 heteroatoms. The molecule has 3 aliphatic rings. The Morgan fingerprint density at radius 3 is 2.96 bits per heavy atom. The van der Waals surface area contributed by atoms with Crippen LogP contribution in [0.5, 0.6) is 5.75 Å². The number of carboxylic acids is 1. The first-order chi connectivity index (χ1) is 12.0. The molecule has 3 heterocycles. The van der Waals surface area contributed by atoms with Crippen molar-refractivity contribution in [3.63, 3.8) is 0 Å². The van der Waals surface area contributed by atoms with Gasteiger partial charge in [0.15, 0.2) is 6.61 Å². The molecule has 2 atom stereocenters. The lowest BCUT2D eigenvalue weighted by Gasteiger charge is -2.33.